The van der Waals surface area contributed by atoms with E-state index in [0.717, 1.165) is 49.8 Å². The van der Waals surface area contributed by atoms with Crippen LogP contribution in [-0.2, 0) is 16.3 Å². The molecule has 0 aromatic heterocycles. The molecule has 1 N–H and O–H groups in total. The maximum Gasteiger partial charge on any atom is 0.173 e. The Morgan fingerprint density at radius 1 is 1.29 bits per heavy atom. The van der Waals surface area contributed by atoms with Gasteiger partial charge in [0.1, 0.15) is 0 Å². The zero-order chi connectivity index (χ0) is 17.2. The molecule has 2 aliphatic heterocycles. The second kappa shape index (κ2) is 7.37. The molecule has 0 radical (unpaired) electrons. The molecule has 0 bridgehead atoms. The first-order valence-corrected chi connectivity index (χ1v) is 10.8. The van der Waals surface area contributed by atoms with Gasteiger partial charge in [0.05, 0.1) is 11.5 Å². The van der Waals surface area contributed by atoms with Gasteiger partial charge in [-0.2, -0.15) is 0 Å². The lowest BCUT2D eigenvalue weighted by molar-refractivity contribution is 0.144. The van der Waals surface area contributed by atoms with Crippen molar-refractivity contribution in [2.75, 3.05) is 43.0 Å². The number of nitrogens with one attached hydrogen (secondary N) is 1. The van der Waals surface area contributed by atoms with Gasteiger partial charge in [-0.3, -0.25) is 4.90 Å². The van der Waals surface area contributed by atoms with Crippen LogP contribution in [0.1, 0.15) is 18.9 Å². The SMILES string of the molecule is CCc1cccc(NC(=S)N2CCN([C@@H]3CCS(=O)(=O)C3)CC2)c1. The van der Waals surface area contributed by atoms with Crippen LogP contribution in [0.15, 0.2) is 24.3 Å². The Hall–Kier alpha value is -1.18. The lowest BCUT2D eigenvalue weighted by atomic mass is 10.1. The van der Waals surface area contributed by atoms with Crippen LogP contribution >= 0.6 is 12.2 Å². The molecule has 2 saturated heterocycles. The number of sulfone groups is 1. The molecule has 1 aromatic rings. The first-order chi connectivity index (χ1) is 11.5. The minimum absolute atomic E-state index is 0.194. The Labute approximate surface area is 149 Å². The van der Waals surface area contributed by atoms with Crippen LogP contribution in [-0.4, -0.2) is 67.1 Å². The van der Waals surface area contributed by atoms with E-state index < -0.39 is 9.84 Å². The number of anilines is 1. The van der Waals surface area contributed by atoms with E-state index in [9.17, 15) is 8.42 Å². The largest absolute Gasteiger partial charge is 0.346 e. The summed E-state index contributed by atoms with van der Waals surface area (Å²) >= 11 is 5.55. The molecule has 2 aliphatic rings. The smallest absolute Gasteiger partial charge is 0.173 e. The van der Waals surface area contributed by atoms with Crippen molar-refractivity contribution in [1.82, 2.24) is 9.80 Å². The van der Waals surface area contributed by atoms with Crippen LogP contribution in [0, 0.1) is 0 Å². The summed E-state index contributed by atoms with van der Waals surface area (Å²) in [6.07, 6.45) is 1.78. The first kappa shape index (κ1) is 17.6. The third kappa shape index (κ3) is 4.26. The number of nitrogens with zero attached hydrogens (tertiary/aromatic N) is 2. The van der Waals surface area contributed by atoms with Gasteiger partial charge in [0.2, 0.25) is 0 Å². The minimum Gasteiger partial charge on any atom is -0.346 e. The number of aryl methyl sites for hydroxylation is 1. The van der Waals surface area contributed by atoms with E-state index in [0.29, 0.717) is 11.5 Å². The summed E-state index contributed by atoms with van der Waals surface area (Å²) in [5.74, 6) is 0.658. The van der Waals surface area contributed by atoms with Crippen LogP contribution in [0.5, 0.6) is 0 Å². The fraction of sp³-hybridized carbons (Fsp3) is 0.588. The van der Waals surface area contributed by atoms with Crippen molar-refractivity contribution in [2.45, 2.75) is 25.8 Å². The highest BCUT2D eigenvalue weighted by molar-refractivity contribution is 7.91. The maximum atomic E-state index is 11.6. The quantitative estimate of drug-likeness (QED) is 0.822. The number of benzene rings is 1. The molecule has 0 spiro atoms. The number of piperazine rings is 1. The van der Waals surface area contributed by atoms with E-state index in [4.69, 9.17) is 12.2 Å². The lowest BCUT2D eigenvalue weighted by Crippen LogP contribution is -2.53. The van der Waals surface area contributed by atoms with Crippen molar-refractivity contribution in [3.05, 3.63) is 29.8 Å². The van der Waals surface area contributed by atoms with Crippen LogP contribution in [0.2, 0.25) is 0 Å². The van der Waals surface area contributed by atoms with Crippen molar-refractivity contribution < 1.29 is 8.42 Å². The highest BCUT2D eigenvalue weighted by Gasteiger charge is 2.33. The van der Waals surface area contributed by atoms with E-state index in [1.54, 1.807) is 0 Å². The van der Waals surface area contributed by atoms with Crippen LogP contribution in [0.25, 0.3) is 0 Å². The molecule has 2 heterocycles. The summed E-state index contributed by atoms with van der Waals surface area (Å²) in [4.78, 5) is 4.48. The third-order valence-corrected chi connectivity index (χ3v) is 7.02. The zero-order valence-electron chi connectivity index (χ0n) is 14.1. The van der Waals surface area contributed by atoms with Gasteiger partial charge in [-0.25, -0.2) is 8.42 Å². The van der Waals surface area contributed by atoms with Gasteiger partial charge in [-0.15, -0.1) is 0 Å². The lowest BCUT2D eigenvalue weighted by Gasteiger charge is -2.38. The van der Waals surface area contributed by atoms with Gasteiger partial charge in [-0.1, -0.05) is 19.1 Å². The van der Waals surface area contributed by atoms with E-state index in [2.05, 4.69) is 34.2 Å². The third-order valence-electron chi connectivity index (χ3n) is 4.91. The standard InChI is InChI=1S/C17H25N3O2S2/c1-2-14-4-3-5-15(12-14)18-17(23)20-9-7-19(8-10-20)16-6-11-24(21,22)13-16/h3-5,12,16H,2,6-11,13H2,1H3,(H,18,23)/t16-/m1/s1. The topological polar surface area (TPSA) is 52.6 Å². The second-order valence-electron chi connectivity index (χ2n) is 6.56. The summed E-state index contributed by atoms with van der Waals surface area (Å²) < 4.78 is 23.3. The molecule has 1 atom stereocenters. The summed E-state index contributed by atoms with van der Waals surface area (Å²) in [6.45, 7) is 5.57. The molecule has 2 fully saturated rings. The van der Waals surface area contributed by atoms with E-state index in [1.165, 1.54) is 5.56 Å². The van der Waals surface area contributed by atoms with Gasteiger partial charge in [0.15, 0.2) is 14.9 Å². The molecule has 0 amide bonds. The number of hydrogen-bond acceptors (Lipinski definition) is 4. The molecular weight excluding hydrogens is 342 g/mol. The Balaban J connectivity index is 1.52. The molecule has 1 aromatic carbocycles. The number of rotatable bonds is 3. The Bertz CT molecular complexity index is 698. The average molecular weight is 368 g/mol. The number of thiocarbonyl (C=S) groups is 1. The summed E-state index contributed by atoms with van der Waals surface area (Å²) in [5.41, 5.74) is 2.32. The monoisotopic (exact) mass is 367 g/mol. The molecule has 3 rings (SSSR count). The highest BCUT2D eigenvalue weighted by atomic mass is 32.2. The fourth-order valence-corrected chi connectivity index (χ4v) is 5.49. The second-order valence-corrected chi connectivity index (χ2v) is 9.18. The first-order valence-electron chi connectivity index (χ1n) is 8.56. The summed E-state index contributed by atoms with van der Waals surface area (Å²) in [6, 6.07) is 8.52. The van der Waals surface area contributed by atoms with Gasteiger partial charge in [0.25, 0.3) is 0 Å². The summed E-state index contributed by atoms with van der Waals surface area (Å²) in [7, 11) is -2.82. The molecule has 0 aliphatic carbocycles. The fourth-order valence-electron chi connectivity index (χ4n) is 3.43. The molecule has 5 nitrogen and oxygen atoms in total. The normalized spacial score (nSPS) is 24.0. The molecule has 0 saturated carbocycles. The molecule has 7 heteroatoms. The Kier molecular flexibility index (Phi) is 5.42. The minimum atomic E-state index is -2.82. The maximum absolute atomic E-state index is 11.6. The van der Waals surface area contributed by atoms with Crippen molar-refractivity contribution >= 4 is 32.9 Å². The van der Waals surface area contributed by atoms with Gasteiger partial charge < -0.3 is 10.2 Å². The Morgan fingerprint density at radius 3 is 2.67 bits per heavy atom. The van der Waals surface area contributed by atoms with E-state index in [1.807, 2.05) is 12.1 Å². The molecule has 132 valence electrons. The van der Waals surface area contributed by atoms with Crippen molar-refractivity contribution in [3.8, 4) is 0 Å². The van der Waals surface area contributed by atoms with Crippen LogP contribution in [0.4, 0.5) is 5.69 Å². The van der Waals surface area contributed by atoms with Gasteiger partial charge in [0, 0.05) is 37.9 Å². The van der Waals surface area contributed by atoms with Gasteiger partial charge >= 0.3 is 0 Å². The van der Waals surface area contributed by atoms with Crippen LogP contribution < -0.4 is 5.32 Å². The molecule has 24 heavy (non-hydrogen) atoms. The predicted octanol–water partition coefficient (Wildman–Crippen LogP) is 1.75. The van der Waals surface area contributed by atoms with Crippen molar-refractivity contribution in [2.24, 2.45) is 0 Å². The Morgan fingerprint density at radius 2 is 2.04 bits per heavy atom. The van der Waals surface area contributed by atoms with Gasteiger partial charge in [-0.05, 0) is 42.8 Å². The molecule has 0 unspecified atom stereocenters. The molecular formula is C17H25N3O2S2. The van der Waals surface area contributed by atoms with E-state index >= 15 is 0 Å². The number of hydrogen-bond donors (Lipinski definition) is 1. The van der Waals surface area contributed by atoms with Crippen molar-refractivity contribution in [1.29, 1.82) is 0 Å². The zero-order valence-corrected chi connectivity index (χ0v) is 15.7. The predicted molar refractivity (Wildman–Crippen MR) is 102 cm³/mol. The average Bonchev–Trinajstić information content (AvgIpc) is 2.95. The van der Waals surface area contributed by atoms with Crippen LogP contribution in [0.3, 0.4) is 0 Å². The summed E-state index contributed by atoms with van der Waals surface area (Å²) in [5, 5.41) is 4.08. The van der Waals surface area contributed by atoms with E-state index in [-0.39, 0.29) is 6.04 Å². The van der Waals surface area contributed by atoms with Crippen molar-refractivity contribution in [3.63, 3.8) is 0 Å². The highest BCUT2D eigenvalue weighted by Crippen LogP contribution is 2.20.